The van der Waals surface area contributed by atoms with Gasteiger partial charge in [-0.1, -0.05) is 13.8 Å². The lowest BCUT2D eigenvalue weighted by atomic mass is 10.3. The van der Waals surface area contributed by atoms with Crippen LogP contribution >= 0.6 is 0 Å². The van der Waals surface area contributed by atoms with Gasteiger partial charge in [0.15, 0.2) is 0 Å². The predicted molar refractivity (Wildman–Crippen MR) is 61.0 cm³/mol. The zero-order valence-corrected chi connectivity index (χ0v) is 9.51. The summed E-state index contributed by atoms with van der Waals surface area (Å²) < 4.78 is 0. The zero-order valence-electron chi connectivity index (χ0n) is 9.51. The summed E-state index contributed by atoms with van der Waals surface area (Å²) in [5, 5.41) is 6.69. The Balaban J connectivity index is 3.64. The fourth-order valence-corrected chi connectivity index (χ4v) is 1.13. The molecule has 0 amide bonds. The standard InChI is InChI=1S/C10H22N4/c1-4-11-9-12-8-7-10(13-5-2)14-6-3/h10,13-14H,4-8H2,1-3H3. The molecule has 0 spiro atoms. The third kappa shape index (κ3) is 7.92. The number of rotatable bonds is 8. The van der Waals surface area contributed by atoms with E-state index in [-0.39, 0.29) is 0 Å². The number of nitrogens with one attached hydrogen (secondary N) is 2. The number of aliphatic imine (C=N–C) groups is 2. The van der Waals surface area contributed by atoms with Crippen molar-refractivity contribution in [3.05, 3.63) is 0 Å². The van der Waals surface area contributed by atoms with E-state index in [0.717, 1.165) is 32.6 Å². The average molecular weight is 198 g/mol. The van der Waals surface area contributed by atoms with Crippen LogP contribution in [-0.2, 0) is 0 Å². The van der Waals surface area contributed by atoms with Crippen LogP contribution < -0.4 is 10.6 Å². The number of nitrogens with zero attached hydrogens (tertiary/aromatic N) is 2. The largest absolute Gasteiger partial charge is 0.302 e. The lowest BCUT2D eigenvalue weighted by Crippen LogP contribution is -2.42. The predicted octanol–water partition coefficient (Wildman–Crippen LogP) is 1.12. The van der Waals surface area contributed by atoms with Crippen molar-refractivity contribution in [2.45, 2.75) is 33.4 Å². The minimum Gasteiger partial charge on any atom is -0.302 e. The van der Waals surface area contributed by atoms with E-state index in [4.69, 9.17) is 0 Å². The summed E-state index contributed by atoms with van der Waals surface area (Å²) in [6, 6.07) is 2.67. The van der Waals surface area contributed by atoms with Gasteiger partial charge in [0.05, 0.1) is 18.7 Å². The minimum atomic E-state index is 0.358. The normalized spacial score (nSPS) is 10.0. The Kier molecular flexibility index (Phi) is 9.86. The molecule has 0 aromatic rings. The summed E-state index contributed by atoms with van der Waals surface area (Å²) >= 11 is 0. The van der Waals surface area contributed by atoms with Crippen molar-refractivity contribution >= 4 is 6.01 Å². The molecule has 0 unspecified atom stereocenters. The first-order valence-electron chi connectivity index (χ1n) is 5.39. The van der Waals surface area contributed by atoms with Gasteiger partial charge in [0.1, 0.15) is 0 Å². The molecule has 0 saturated carbocycles. The van der Waals surface area contributed by atoms with Crippen LogP contribution in [-0.4, -0.2) is 38.4 Å². The van der Waals surface area contributed by atoms with E-state index in [1.54, 1.807) is 0 Å². The van der Waals surface area contributed by atoms with Crippen LogP contribution in [0.25, 0.3) is 0 Å². The van der Waals surface area contributed by atoms with E-state index in [9.17, 15) is 0 Å². The van der Waals surface area contributed by atoms with Crippen molar-refractivity contribution in [2.75, 3.05) is 26.2 Å². The van der Waals surface area contributed by atoms with Crippen molar-refractivity contribution in [1.29, 1.82) is 0 Å². The fraction of sp³-hybridized carbons (Fsp3) is 0.900. The summed E-state index contributed by atoms with van der Waals surface area (Å²) in [4.78, 5) is 7.97. The lowest BCUT2D eigenvalue weighted by Gasteiger charge is -2.16. The van der Waals surface area contributed by atoms with E-state index in [1.165, 1.54) is 0 Å². The second-order valence-corrected chi connectivity index (χ2v) is 2.91. The fourth-order valence-electron chi connectivity index (χ4n) is 1.13. The van der Waals surface area contributed by atoms with Gasteiger partial charge < -0.3 is 10.6 Å². The maximum Gasteiger partial charge on any atom is 0.0892 e. The molecule has 0 fully saturated rings. The molecule has 0 bridgehead atoms. The number of hydrogen-bond donors (Lipinski definition) is 2. The second kappa shape index (κ2) is 10.4. The molecule has 0 aliphatic heterocycles. The smallest absolute Gasteiger partial charge is 0.0892 e. The Hall–Kier alpha value is -0.700. The van der Waals surface area contributed by atoms with Gasteiger partial charge in [-0.2, -0.15) is 0 Å². The molecule has 0 heterocycles. The molecular weight excluding hydrogens is 176 g/mol. The third-order valence-corrected chi connectivity index (χ3v) is 1.73. The second-order valence-electron chi connectivity index (χ2n) is 2.91. The molecule has 4 nitrogen and oxygen atoms in total. The quantitative estimate of drug-likeness (QED) is 0.453. The van der Waals surface area contributed by atoms with Gasteiger partial charge in [0.2, 0.25) is 0 Å². The molecular formula is C10H22N4. The minimum absolute atomic E-state index is 0.358. The summed E-state index contributed by atoms with van der Waals surface area (Å²) in [7, 11) is 0. The Morgan fingerprint density at radius 1 is 1.07 bits per heavy atom. The van der Waals surface area contributed by atoms with E-state index >= 15 is 0 Å². The first-order chi connectivity index (χ1) is 6.85. The van der Waals surface area contributed by atoms with Gasteiger partial charge in [-0.05, 0) is 26.4 Å². The van der Waals surface area contributed by atoms with Gasteiger partial charge in [0.25, 0.3) is 0 Å². The molecule has 0 aliphatic rings. The van der Waals surface area contributed by atoms with Crippen LogP contribution in [0.2, 0.25) is 0 Å². The Labute approximate surface area is 86.9 Å². The first kappa shape index (κ1) is 13.3. The molecule has 2 N–H and O–H groups in total. The lowest BCUT2D eigenvalue weighted by molar-refractivity contribution is 0.424. The van der Waals surface area contributed by atoms with E-state index in [0.29, 0.717) is 6.17 Å². The summed E-state index contributed by atoms with van der Waals surface area (Å²) in [5.74, 6) is 0. The molecule has 0 aliphatic carbocycles. The first-order valence-corrected chi connectivity index (χ1v) is 5.39. The van der Waals surface area contributed by atoms with Gasteiger partial charge in [-0.25, -0.2) is 9.98 Å². The third-order valence-electron chi connectivity index (χ3n) is 1.73. The highest BCUT2D eigenvalue weighted by Gasteiger charge is 2.02. The maximum absolute atomic E-state index is 4.07. The summed E-state index contributed by atoms with van der Waals surface area (Å²) in [5.41, 5.74) is 0. The molecule has 82 valence electrons. The van der Waals surface area contributed by atoms with Gasteiger partial charge >= 0.3 is 0 Å². The molecule has 0 atom stereocenters. The summed E-state index contributed by atoms with van der Waals surface area (Å²) in [6.45, 7) is 9.66. The molecule has 0 aromatic carbocycles. The summed E-state index contributed by atoms with van der Waals surface area (Å²) in [6.07, 6.45) is 1.34. The van der Waals surface area contributed by atoms with Crippen LogP contribution in [0, 0.1) is 0 Å². The molecule has 0 rings (SSSR count). The molecule has 0 saturated heterocycles. The zero-order chi connectivity index (χ0) is 10.6. The molecule has 0 radical (unpaired) electrons. The van der Waals surface area contributed by atoms with Crippen molar-refractivity contribution in [3.8, 4) is 0 Å². The van der Waals surface area contributed by atoms with Crippen LogP contribution in [0.15, 0.2) is 9.98 Å². The monoisotopic (exact) mass is 198 g/mol. The average Bonchev–Trinajstić information content (AvgIpc) is 2.18. The molecule has 4 heteroatoms. The van der Waals surface area contributed by atoms with Gasteiger partial charge in [-0.3, -0.25) is 0 Å². The molecule has 0 aromatic heterocycles. The SMILES string of the molecule is CCN=C=NCCC(NCC)NCC. The highest BCUT2D eigenvalue weighted by atomic mass is 15.1. The Morgan fingerprint density at radius 3 is 2.21 bits per heavy atom. The van der Waals surface area contributed by atoms with Crippen LogP contribution in [0.1, 0.15) is 27.2 Å². The van der Waals surface area contributed by atoms with E-state index < -0.39 is 0 Å². The van der Waals surface area contributed by atoms with Crippen LogP contribution in [0.3, 0.4) is 0 Å². The van der Waals surface area contributed by atoms with Crippen LogP contribution in [0.5, 0.6) is 0 Å². The van der Waals surface area contributed by atoms with E-state index in [2.05, 4.69) is 40.5 Å². The molecule has 14 heavy (non-hydrogen) atoms. The Morgan fingerprint density at radius 2 is 1.71 bits per heavy atom. The van der Waals surface area contributed by atoms with Gasteiger partial charge in [0, 0.05) is 6.54 Å². The highest BCUT2D eigenvalue weighted by molar-refractivity contribution is 5.40. The van der Waals surface area contributed by atoms with Crippen LogP contribution in [0.4, 0.5) is 0 Å². The van der Waals surface area contributed by atoms with Gasteiger partial charge in [-0.15, -0.1) is 0 Å². The number of hydrogen-bond acceptors (Lipinski definition) is 4. The van der Waals surface area contributed by atoms with Crippen molar-refractivity contribution in [1.82, 2.24) is 10.6 Å². The maximum atomic E-state index is 4.07. The van der Waals surface area contributed by atoms with Crippen molar-refractivity contribution < 1.29 is 0 Å². The van der Waals surface area contributed by atoms with Crippen molar-refractivity contribution in [2.24, 2.45) is 9.98 Å². The van der Waals surface area contributed by atoms with Crippen molar-refractivity contribution in [3.63, 3.8) is 0 Å². The van der Waals surface area contributed by atoms with E-state index in [1.807, 2.05) is 6.92 Å². The highest BCUT2D eigenvalue weighted by Crippen LogP contribution is 1.87. The Bertz CT molecular complexity index is 167. The topological polar surface area (TPSA) is 48.8 Å².